The zero-order valence-corrected chi connectivity index (χ0v) is 11.8. The van der Waals surface area contributed by atoms with Crippen LogP contribution in [-0.2, 0) is 14.2 Å². The molecule has 9 heteroatoms. The minimum Gasteiger partial charge on any atom is -0.550 e. The highest BCUT2D eigenvalue weighted by atomic mass is 31.2. The van der Waals surface area contributed by atoms with Crippen molar-refractivity contribution in [2.24, 2.45) is 11.8 Å². The Labute approximate surface area is 120 Å². The van der Waals surface area contributed by atoms with Crippen molar-refractivity contribution < 1.29 is 33.6 Å². The molecule has 1 aliphatic carbocycles. The van der Waals surface area contributed by atoms with Crippen LogP contribution in [0.15, 0.2) is 24.3 Å². The molecule has 1 amide bonds. The van der Waals surface area contributed by atoms with Crippen LogP contribution in [0.4, 0.5) is 0 Å². The van der Waals surface area contributed by atoms with Crippen LogP contribution in [0.5, 0.6) is 5.75 Å². The van der Waals surface area contributed by atoms with E-state index in [4.69, 9.17) is 9.79 Å². The van der Waals surface area contributed by atoms with E-state index in [2.05, 4.69) is 9.84 Å². The predicted octanol–water partition coefficient (Wildman–Crippen LogP) is -1.02. The largest absolute Gasteiger partial charge is 0.550 e. The third-order valence-corrected chi connectivity index (χ3v) is 3.78. The van der Waals surface area contributed by atoms with Crippen molar-refractivity contribution in [2.75, 3.05) is 7.05 Å². The molecule has 0 saturated heterocycles. The lowest BCUT2D eigenvalue weighted by Gasteiger charge is -2.07. The smallest absolute Gasteiger partial charge is 0.524 e. The van der Waals surface area contributed by atoms with Gasteiger partial charge in [0.05, 0.1) is 5.92 Å². The number of hydrogen-bond acceptors (Lipinski definition) is 5. The second-order valence-electron chi connectivity index (χ2n) is 4.66. The van der Waals surface area contributed by atoms with Gasteiger partial charge in [-0.1, -0.05) is 12.1 Å². The first-order chi connectivity index (χ1) is 9.74. The quantitative estimate of drug-likeness (QED) is 0.592. The van der Waals surface area contributed by atoms with E-state index in [1.165, 1.54) is 31.3 Å². The van der Waals surface area contributed by atoms with Gasteiger partial charge in [0.1, 0.15) is 5.75 Å². The molecule has 0 bridgehead atoms. The second-order valence-corrected chi connectivity index (χ2v) is 5.83. The summed E-state index contributed by atoms with van der Waals surface area (Å²) in [5.41, 5.74) is 0.566. The fourth-order valence-corrected chi connectivity index (χ4v) is 2.80. The van der Waals surface area contributed by atoms with E-state index >= 15 is 0 Å². The van der Waals surface area contributed by atoms with Gasteiger partial charge in [-0.2, -0.15) is 0 Å². The lowest BCUT2D eigenvalue weighted by Crippen LogP contribution is -2.28. The van der Waals surface area contributed by atoms with E-state index in [-0.39, 0.29) is 11.7 Å². The van der Waals surface area contributed by atoms with Gasteiger partial charge in [0.2, 0.25) is 5.91 Å². The average Bonchev–Trinajstić information content (AvgIpc) is 3.12. The SMILES string of the molecule is CNC(=O)[C@H]1[C@H](C(=O)[O-])[C@H]1c1ccc(OP(=O)(O)O)cc1. The number of carbonyl (C=O) groups excluding carboxylic acids is 2. The van der Waals surface area contributed by atoms with E-state index < -0.39 is 31.5 Å². The summed E-state index contributed by atoms with van der Waals surface area (Å²) < 4.78 is 15.1. The number of carboxylic acid groups (broad SMARTS) is 1. The summed E-state index contributed by atoms with van der Waals surface area (Å²) in [6.07, 6.45) is 0. The van der Waals surface area contributed by atoms with Crippen molar-refractivity contribution in [1.82, 2.24) is 5.32 Å². The van der Waals surface area contributed by atoms with Gasteiger partial charge in [0.15, 0.2) is 0 Å². The second kappa shape index (κ2) is 5.48. The predicted molar refractivity (Wildman–Crippen MR) is 67.9 cm³/mol. The summed E-state index contributed by atoms with van der Waals surface area (Å²) in [5.74, 6) is -3.85. The number of rotatable bonds is 5. The number of aliphatic carboxylic acids is 1. The number of hydrogen-bond donors (Lipinski definition) is 3. The Balaban J connectivity index is 2.17. The van der Waals surface area contributed by atoms with Gasteiger partial charge in [0, 0.05) is 24.9 Å². The van der Waals surface area contributed by atoms with Gasteiger partial charge < -0.3 is 19.7 Å². The molecule has 1 aliphatic rings. The maximum absolute atomic E-state index is 11.6. The number of phosphoric acid groups is 1. The molecule has 0 aromatic heterocycles. The molecule has 1 fully saturated rings. The summed E-state index contributed by atoms with van der Waals surface area (Å²) >= 11 is 0. The Bertz CT molecular complexity index is 609. The summed E-state index contributed by atoms with van der Waals surface area (Å²) in [6.45, 7) is 0. The number of carbonyl (C=O) groups is 2. The highest BCUT2D eigenvalue weighted by molar-refractivity contribution is 7.46. The third kappa shape index (κ3) is 3.41. The van der Waals surface area contributed by atoms with Gasteiger partial charge in [-0.3, -0.25) is 14.6 Å². The van der Waals surface area contributed by atoms with Gasteiger partial charge >= 0.3 is 7.82 Å². The molecular weight excluding hydrogens is 301 g/mol. The lowest BCUT2D eigenvalue weighted by molar-refractivity contribution is -0.308. The normalized spacial score (nSPS) is 24.2. The van der Waals surface area contributed by atoms with Crippen LogP contribution in [0.1, 0.15) is 11.5 Å². The van der Waals surface area contributed by atoms with Crippen LogP contribution in [0.2, 0.25) is 0 Å². The first kappa shape index (κ1) is 15.5. The Morgan fingerprint density at radius 1 is 1.24 bits per heavy atom. The minimum atomic E-state index is -4.64. The van der Waals surface area contributed by atoms with Crippen LogP contribution in [-0.4, -0.2) is 28.7 Å². The maximum Gasteiger partial charge on any atom is 0.524 e. The molecule has 1 aromatic carbocycles. The highest BCUT2D eigenvalue weighted by Crippen LogP contribution is 2.54. The van der Waals surface area contributed by atoms with E-state index in [9.17, 15) is 19.3 Å². The molecule has 0 heterocycles. The fraction of sp³-hybridized carbons (Fsp3) is 0.333. The molecule has 2 rings (SSSR count). The zero-order valence-electron chi connectivity index (χ0n) is 10.9. The highest BCUT2D eigenvalue weighted by Gasteiger charge is 2.55. The van der Waals surface area contributed by atoms with Gasteiger partial charge in [0.25, 0.3) is 0 Å². The van der Waals surface area contributed by atoms with E-state index in [1.54, 1.807) is 0 Å². The minimum absolute atomic E-state index is 0.0470. The molecule has 8 nitrogen and oxygen atoms in total. The molecule has 3 N–H and O–H groups in total. The maximum atomic E-state index is 11.6. The first-order valence-corrected chi connectivity index (χ1v) is 7.55. The monoisotopic (exact) mass is 314 g/mol. The Kier molecular flexibility index (Phi) is 4.04. The van der Waals surface area contributed by atoms with Crippen molar-refractivity contribution in [1.29, 1.82) is 0 Å². The topological polar surface area (TPSA) is 136 Å². The van der Waals surface area contributed by atoms with Crippen LogP contribution in [0.3, 0.4) is 0 Å². The standard InChI is InChI=1S/C12H14NO7P/c1-13-11(14)9-8(10(9)12(15)16)6-2-4-7(5-3-6)20-21(17,18)19/h2-5,8-10H,1H3,(H,13,14)(H,15,16)(H2,17,18,19)/p-1/t8-,9+,10+/m0/s1. The van der Waals surface area contributed by atoms with Gasteiger partial charge in [-0.25, -0.2) is 4.57 Å². The van der Waals surface area contributed by atoms with Crippen LogP contribution < -0.4 is 14.9 Å². The lowest BCUT2D eigenvalue weighted by atomic mass is 10.1. The molecule has 0 spiro atoms. The molecule has 0 unspecified atom stereocenters. The van der Waals surface area contributed by atoms with Crippen LogP contribution in [0.25, 0.3) is 0 Å². The van der Waals surface area contributed by atoms with E-state index in [1.807, 2.05) is 0 Å². The van der Waals surface area contributed by atoms with Crippen molar-refractivity contribution in [2.45, 2.75) is 5.92 Å². The molecule has 1 saturated carbocycles. The first-order valence-electron chi connectivity index (χ1n) is 6.02. The van der Waals surface area contributed by atoms with Gasteiger partial charge in [-0.05, 0) is 17.7 Å². The number of carboxylic acids is 1. The van der Waals surface area contributed by atoms with Crippen molar-refractivity contribution in [3.05, 3.63) is 29.8 Å². The third-order valence-electron chi connectivity index (χ3n) is 3.33. The van der Waals surface area contributed by atoms with Crippen molar-refractivity contribution in [3.8, 4) is 5.75 Å². The summed E-state index contributed by atoms with van der Waals surface area (Å²) in [4.78, 5) is 40.0. The van der Waals surface area contributed by atoms with Crippen LogP contribution in [0, 0.1) is 11.8 Å². The molecular formula is C12H13NO7P-. The number of phosphoric ester groups is 1. The zero-order chi connectivity index (χ0) is 15.8. The summed E-state index contributed by atoms with van der Waals surface area (Å²) in [5, 5.41) is 13.4. The van der Waals surface area contributed by atoms with Crippen molar-refractivity contribution in [3.63, 3.8) is 0 Å². The Morgan fingerprint density at radius 3 is 2.24 bits per heavy atom. The molecule has 0 radical (unpaired) electrons. The summed E-state index contributed by atoms with van der Waals surface area (Å²) in [7, 11) is -3.22. The van der Waals surface area contributed by atoms with E-state index in [0.29, 0.717) is 5.56 Å². The van der Waals surface area contributed by atoms with Gasteiger partial charge in [-0.15, -0.1) is 0 Å². The summed E-state index contributed by atoms with van der Waals surface area (Å²) in [6, 6.07) is 5.54. The molecule has 21 heavy (non-hydrogen) atoms. The fourth-order valence-electron chi connectivity index (χ4n) is 2.40. The van der Waals surface area contributed by atoms with E-state index in [0.717, 1.165) is 0 Å². The number of nitrogens with one attached hydrogen (secondary N) is 1. The number of amides is 1. The Hall–Kier alpha value is -1.89. The number of benzene rings is 1. The van der Waals surface area contributed by atoms with Crippen molar-refractivity contribution >= 4 is 19.7 Å². The molecule has 0 aliphatic heterocycles. The van der Waals surface area contributed by atoms with Crippen LogP contribution >= 0.6 is 7.82 Å². The molecule has 3 atom stereocenters. The molecule has 114 valence electrons. The average molecular weight is 314 g/mol. The Morgan fingerprint density at radius 2 is 1.81 bits per heavy atom. The molecule has 1 aromatic rings.